The molecule has 0 atom stereocenters. The molecule has 8 heteroatoms. The number of pyridine rings is 1. The fourth-order valence-corrected chi connectivity index (χ4v) is 2.83. The van der Waals surface area contributed by atoms with Crippen molar-refractivity contribution in [1.82, 2.24) is 19.7 Å². The zero-order valence-corrected chi connectivity index (χ0v) is 15.7. The highest BCUT2D eigenvalue weighted by Gasteiger charge is 2.20. The topological polar surface area (TPSA) is 108 Å². The Hall–Kier alpha value is -3.29. The number of rotatable bonds is 5. The van der Waals surface area contributed by atoms with E-state index in [4.69, 9.17) is 0 Å². The van der Waals surface area contributed by atoms with Crippen LogP contribution >= 0.6 is 0 Å². The van der Waals surface area contributed by atoms with E-state index in [1.54, 1.807) is 12.3 Å². The summed E-state index contributed by atoms with van der Waals surface area (Å²) in [7, 11) is 3.82. The van der Waals surface area contributed by atoms with E-state index in [2.05, 4.69) is 15.2 Å². The molecule has 0 unspecified atom stereocenters. The lowest BCUT2D eigenvalue weighted by atomic mass is 9.98. The van der Waals surface area contributed by atoms with Crippen molar-refractivity contribution in [1.29, 1.82) is 0 Å². The molecule has 142 valence electrons. The summed E-state index contributed by atoms with van der Waals surface area (Å²) in [6, 6.07) is 6.48. The zero-order valence-electron chi connectivity index (χ0n) is 15.7. The molecule has 0 bridgehead atoms. The number of benzene rings is 1. The molecule has 0 fully saturated rings. The normalized spacial score (nSPS) is 11.1. The van der Waals surface area contributed by atoms with Crippen LogP contribution in [-0.2, 0) is 6.54 Å². The number of aromatic hydroxyl groups is 3. The third-order valence-electron chi connectivity index (χ3n) is 4.35. The second-order valence-corrected chi connectivity index (χ2v) is 6.91. The van der Waals surface area contributed by atoms with Gasteiger partial charge in [-0.3, -0.25) is 4.57 Å². The lowest BCUT2D eigenvalue weighted by Gasteiger charge is -2.14. The summed E-state index contributed by atoms with van der Waals surface area (Å²) < 4.78 is 1.49. The number of phenolic OH excluding ortho intramolecular Hbond substituents is 2. The van der Waals surface area contributed by atoms with Crippen molar-refractivity contribution in [2.24, 2.45) is 0 Å². The number of hydrogen-bond acceptors (Lipinski definition) is 7. The predicted octanol–water partition coefficient (Wildman–Crippen LogP) is 2.69. The van der Waals surface area contributed by atoms with Crippen molar-refractivity contribution in [2.75, 3.05) is 19.0 Å². The van der Waals surface area contributed by atoms with Crippen molar-refractivity contribution in [2.45, 2.75) is 26.3 Å². The highest BCUT2D eigenvalue weighted by molar-refractivity contribution is 5.68. The van der Waals surface area contributed by atoms with Gasteiger partial charge in [-0.15, -0.1) is 5.10 Å². The molecule has 0 aliphatic heterocycles. The van der Waals surface area contributed by atoms with Gasteiger partial charge in [0.25, 0.3) is 0 Å². The Labute approximate surface area is 157 Å². The van der Waals surface area contributed by atoms with Gasteiger partial charge in [-0.2, -0.15) is 0 Å². The lowest BCUT2D eigenvalue weighted by Crippen LogP contribution is -2.11. The average Bonchev–Trinajstić information content (AvgIpc) is 2.96. The fourth-order valence-electron chi connectivity index (χ4n) is 2.83. The smallest absolute Gasteiger partial charge is 0.315 e. The van der Waals surface area contributed by atoms with Crippen molar-refractivity contribution >= 4 is 5.82 Å². The summed E-state index contributed by atoms with van der Waals surface area (Å²) in [5, 5.41) is 38.3. The van der Waals surface area contributed by atoms with Gasteiger partial charge in [0, 0.05) is 26.4 Å². The number of anilines is 1. The summed E-state index contributed by atoms with van der Waals surface area (Å²) in [6.07, 6.45) is 1.72. The highest BCUT2D eigenvalue weighted by atomic mass is 16.3. The number of phenols is 2. The van der Waals surface area contributed by atoms with Gasteiger partial charge in [0.05, 0.1) is 12.1 Å². The molecule has 3 N–H and O–H groups in total. The van der Waals surface area contributed by atoms with E-state index in [1.807, 2.05) is 45.0 Å². The van der Waals surface area contributed by atoms with Crippen molar-refractivity contribution < 1.29 is 15.3 Å². The molecule has 3 aromatic rings. The van der Waals surface area contributed by atoms with Gasteiger partial charge in [0.1, 0.15) is 17.3 Å². The van der Waals surface area contributed by atoms with E-state index < -0.39 is 0 Å². The van der Waals surface area contributed by atoms with Gasteiger partial charge >= 0.3 is 6.01 Å². The molecule has 0 spiro atoms. The number of aromatic nitrogens is 4. The van der Waals surface area contributed by atoms with Crippen LogP contribution in [0.5, 0.6) is 17.5 Å². The molecule has 0 saturated carbocycles. The summed E-state index contributed by atoms with van der Waals surface area (Å²) in [5.41, 5.74) is 1.91. The average molecular weight is 369 g/mol. The Kier molecular flexibility index (Phi) is 4.89. The van der Waals surface area contributed by atoms with Crippen LogP contribution in [0, 0.1) is 0 Å². The second kappa shape index (κ2) is 7.14. The molecule has 0 amide bonds. The largest absolute Gasteiger partial charge is 0.508 e. The maximum atomic E-state index is 10.3. The van der Waals surface area contributed by atoms with Gasteiger partial charge in [-0.25, -0.2) is 4.98 Å². The monoisotopic (exact) mass is 369 g/mol. The minimum atomic E-state index is -0.264. The van der Waals surface area contributed by atoms with Crippen LogP contribution in [-0.4, -0.2) is 49.2 Å². The Morgan fingerprint density at radius 2 is 1.78 bits per heavy atom. The van der Waals surface area contributed by atoms with Crippen molar-refractivity contribution in [3.05, 3.63) is 41.6 Å². The molecule has 0 saturated heterocycles. The second-order valence-electron chi connectivity index (χ2n) is 6.91. The van der Waals surface area contributed by atoms with Crippen LogP contribution in [0.15, 0.2) is 30.5 Å². The Bertz CT molecular complexity index is 949. The highest BCUT2D eigenvalue weighted by Crippen LogP contribution is 2.38. The molecule has 3 rings (SSSR count). The van der Waals surface area contributed by atoms with E-state index in [0.29, 0.717) is 17.0 Å². The van der Waals surface area contributed by atoms with Crippen LogP contribution in [0.1, 0.15) is 30.9 Å². The molecular formula is C19H23N5O3. The molecule has 2 aromatic heterocycles. The van der Waals surface area contributed by atoms with Crippen molar-refractivity contribution in [3.8, 4) is 28.9 Å². The Morgan fingerprint density at radius 3 is 2.37 bits per heavy atom. The molecule has 8 nitrogen and oxygen atoms in total. The van der Waals surface area contributed by atoms with Gasteiger partial charge in [-0.1, -0.05) is 25.0 Å². The van der Waals surface area contributed by atoms with Crippen molar-refractivity contribution in [3.63, 3.8) is 0 Å². The summed E-state index contributed by atoms with van der Waals surface area (Å²) in [5.74, 6) is 1.07. The van der Waals surface area contributed by atoms with Gasteiger partial charge in [0.2, 0.25) is 0 Å². The number of hydrogen-bond donors (Lipinski definition) is 3. The third kappa shape index (κ3) is 3.64. The first kappa shape index (κ1) is 18.5. The van der Waals surface area contributed by atoms with Crippen LogP contribution in [0.2, 0.25) is 0 Å². The minimum Gasteiger partial charge on any atom is -0.508 e. The van der Waals surface area contributed by atoms with E-state index in [1.165, 1.54) is 10.6 Å². The third-order valence-corrected chi connectivity index (χ3v) is 4.35. The number of nitrogens with zero attached hydrogens (tertiary/aromatic N) is 5. The van der Waals surface area contributed by atoms with E-state index in [-0.39, 0.29) is 30.0 Å². The molecule has 0 aliphatic rings. The first-order valence-electron chi connectivity index (χ1n) is 8.58. The quantitative estimate of drug-likeness (QED) is 0.634. The van der Waals surface area contributed by atoms with Crippen LogP contribution in [0.25, 0.3) is 11.4 Å². The summed E-state index contributed by atoms with van der Waals surface area (Å²) >= 11 is 0. The van der Waals surface area contributed by atoms with Crippen LogP contribution in [0.4, 0.5) is 5.82 Å². The SMILES string of the molecule is CC(C)c1cc(-c2nnc(O)n2Cc2ccc(N(C)C)nc2)c(O)cc1O. The van der Waals surface area contributed by atoms with Crippen LogP contribution in [0.3, 0.4) is 0 Å². The maximum Gasteiger partial charge on any atom is 0.315 e. The van der Waals surface area contributed by atoms with E-state index >= 15 is 0 Å². The molecule has 0 aliphatic carbocycles. The van der Waals surface area contributed by atoms with Gasteiger partial charge < -0.3 is 20.2 Å². The predicted molar refractivity (Wildman–Crippen MR) is 102 cm³/mol. The van der Waals surface area contributed by atoms with Gasteiger partial charge in [0.15, 0.2) is 5.82 Å². The first-order chi connectivity index (χ1) is 12.8. The molecular weight excluding hydrogens is 346 g/mol. The first-order valence-corrected chi connectivity index (χ1v) is 8.58. The van der Waals surface area contributed by atoms with Crippen LogP contribution < -0.4 is 4.90 Å². The maximum absolute atomic E-state index is 10.3. The van der Waals surface area contributed by atoms with E-state index in [9.17, 15) is 15.3 Å². The fraction of sp³-hybridized carbons (Fsp3) is 0.316. The molecule has 1 aromatic carbocycles. The Morgan fingerprint density at radius 1 is 1.04 bits per heavy atom. The minimum absolute atomic E-state index is 0.0185. The molecule has 27 heavy (non-hydrogen) atoms. The summed E-state index contributed by atoms with van der Waals surface area (Å²) in [4.78, 5) is 6.26. The summed E-state index contributed by atoms with van der Waals surface area (Å²) in [6.45, 7) is 4.16. The standard InChI is InChI=1S/C19H23N5O3/c1-11(2)13-7-14(16(26)8-15(13)25)18-21-22-19(27)24(18)10-12-5-6-17(20-9-12)23(3)4/h5-9,11,25-26H,10H2,1-4H3,(H,22,27). The van der Waals surface area contributed by atoms with Gasteiger partial charge in [-0.05, 0) is 29.2 Å². The molecule has 2 heterocycles. The van der Waals surface area contributed by atoms with E-state index in [0.717, 1.165) is 11.4 Å². The molecule has 0 radical (unpaired) electrons. The zero-order chi connectivity index (χ0) is 19.7. The Balaban J connectivity index is 2.01. The lowest BCUT2D eigenvalue weighted by molar-refractivity contribution is 0.404.